The maximum atomic E-state index is 14.0. The minimum Gasteiger partial charge on any atom is -0.481 e. The lowest BCUT2D eigenvalue weighted by molar-refractivity contribution is -0.160. The van der Waals surface area contributed by atoms with E-state index >= 15 is 0 Å². The van der Waals surface area contributed by atoms with Gasteiger partial charge < -0.3 is 24.7 Å². The lowest BCUT2D eigenvalue weighted by Gasteiger charge is -2.40. The predicted octanol–water partition coefficient (Wildman–Crippen LogP) is 1.81. The van der Waals surface area contributed by atoms with Crippen molar-refractivity contribution < 1.29 is 29.3 Å². The van der Waals surface area contributed by atoms with Gasteiger partial charge in [0.25, 0.3) is 0 Å². The molecule has 0 saturated carbocycles. The van der Waals surface area contributed by atoms with E-state index in [1.165, 1.54) is 4.90 Å². The predicted molar refractivity (Wildman–Crippen MR) is 114 cm³/mol. The largest absolute Gasteiger partial charge is 0.481 e. The van der Waals surface area contributed by atoms with E-state index in [1.807, 2.05) is 20.8 Å². The van der Waals surface area contributed by atoms with Crippen LogP contribution in [0.1, 0.15) is 59.8 Å². The molecule has 2 bridgehead atoms. The van der Waals surface area contributed by atoms with Crippen molar-refractivity contribution in [2.24, 2.45) is 11.8 Å². The third-order valence-electron chi connectivity index (χ3n) is 7.71. The van der Waals surface area contributed by atoms with E-state index in [9.17, 15) is 24.6 Å². The van der Waals surface area contributed by atoms with Crippen molar-refractivity contribution in [3.8, 4) is 0 Å². The summed E-state index contributed by atoms with van der Waals surface area (Å²) in [5, 5.41) is 19.9. The normalized spacial score (nSPS) is 35.7. The number of aliphatic hydroxyl groups excluding tert-OH is 1. The molecule has 3 rings (SSSR count). The molecule has 2 N–H and O–H groups in total. The molecule has 8 heteroatoms. The Morgan fingerprint density at radius 1 is 1.35 bits per heavy atom. The summed E-state index contributed by atoms with van der Waals surface area (Å²) in [4.78, 5) is 43.0. The maximum absolute atomic E-state index is 14.0. The molecule has 1 spiro atoms. The van der Waals surface area contributed by atoms with Gasteiger partial charge in [-0.05, 0) is 39.5 Å². The highest BCUT2D eigenvalue weighted by Crippen LogP contribution is 2.64. The Hall–Kier alpha value is -1.93. The summed E-state index contributed by atoms with van der Waals surface area (Å²) in [6.07, 6.45) is 4.78. The Labute approximate surface area is 184 Å². The van der Waals surface area contributed by atoms with Crippen molar-refractivity contribution in [2.45, 2.75) is 89.1 Å². The van der Waals surface area contributed by atoms with Crippen molar-refractivity contribution in [1.82, 2.24) is 9.80 Å². The number of ether oxygens (including phenoxy) is 1. The van der Waals surface area contributed by atoms with Crippen LogP contribution in [-0.2, 0) is 19.1 Å². The summed E-state index contributed by atoms with van der Waals surface area (Å²) < 4.78 is 6.49. The highest BCUT2D eigenvalue weighted by molar-refractivity contribution is 5.98. The smallest absolute Gasteiger partial charge is 0.310 e. The number of aliphatic carboxylic acids is 1. The number of carbonyl (C=O) groups excluding carboxylic acids is 2. The van der Waals surface area contributed by atoms with Gasteiger partial charge in [-0.15, -0.1) is 6.58 Å². The molecule has 174 valence electrons. The highest BCUT2D eigenvalue weighted by atomic mass is 16.5. The summed E-state index contributed by atoms with van der Waals surface area (Å²) in [6.45, 7) is 11.4. The fraction of sp³-hybridized carbons (Fsp3) is 0.783. The first-order valence-electron chi connectivity index (χ1n) is 11.4. The van der Waals surface area contributed by atoms with Gasteiger partial charge in [-0.1, -0.05) is 26.3 Å². The number of amides is 2. The average molecular weight is 437 g/mol. The number of carboxylic acid groups (broad SMARTS) is 1. The van der Waals surface area contributed by atoms with Crippen LogP contribution in [0.25, 0.3) is 0 Å². The Morgan fingerprint density at radius 2 is 2.03 bits per heavy atom. The number of hydrogen-bond acceptors (Lipinski definition) is 5. The molecular weight excluding hydrogens is 400 g/mol. The third kappa shape index (κ3) is 3.30. The third-order valence-corrected chi connectivity index (χ3v) is 7.71. The number of carboxylic acids is 1. The SMILES string of the molecule is C=CCN(C(=O)C1N([C@H](C)CO)C(=O)[C@@H]2[C@@H](C(=O)O)[C@@]3(CC)CCC12O3)C(C)CCC. The van der Waals surface area contributed by atoms with Crippen LogP contribution >= 0.6 is 0 Å². The number of rotatable bonds is 10. The van der Waals surface area contributed by atoms with Crippen LogP contribution in [0.5, 0.6) is 0 Å². The van der Waals surface area contributed by atoms with Crippen LogP contribution in [0.15, 0.2) is 12.7 Å². The van der Waals surface area contributed by atoms with Gasteiger partial charge >= 0.3 is 5.97 Å². The summed E-state index contributed by atoms with van der Waals surface area (Å²) in [5.74, 6) is -3.63. The van der Waals surface area contributed by atoms with Crippen molar-refractivity contribution in [3.05, 3.63) is 12.7 Å². The Kier molecular flexibility index (Phi) is 6.54. The second-order valence-corrected chi connectivity index (χ2v) is 9.37. The molecule has 0 aromatic rings. The van der Waals surface area contributed by atoms with E-state index < -0.39 is 47.0 Å². The molecule has 3 saturated heterocycles. The van der Waals surface area contributed by atoms with E-state index in [4.69, 9.17) is 4.74 Å². The van der Waals surface area contributed by atoms with Crippen molar-refractivity contribution in [2.75, 3.05) is 13.2 Å². The average Bonchev–Trinajstić information content (AvgIpc) is 3.34. The summed E-state index contributed by atoms with van der Waals surface area (Å²) in [7, 11) is 0. The molecule has 0 aromatic heterocycles. The second-order valence-electron chi connectivity index (χ2n) is 9.37. The number of carbonyl (C=O) groups is 3. The summed E-state index contributed by atoms with van der Waals surface area (Å²) >= 11 is 0. The van der Waals surface area contributed by atoms with Crippen LogP contribution in [0, 0.1) is 11.8 Å². The minimum atomic E-state index is -1.18. The van der Waals surface area contributed by atoms with Gasteiger partial charge in [0.05, 0.1) is 24.2 Å². The number of fused-ring (bicyclic) bond motifs is 1. The summed E-state index contributed by atoms with van der Waals surface area (Å²) in [5.41, 5.74) is -2.11. The van der Waals surface area contributed by atoms with Gasteiger partial charge in [0.1, 0.15) is 17.6 Å². The quantitative estimate of drug-likeness (QED) is 0.506. The Morgan fingerprint density at radius 3 is 2.55 bits per heavy atom. The topological polar surface area (TPSA) is 107 Å². The fourth-order valence-corrected chi connectivity index (χ4v) is 6.23. The number of aliphatic hydroxyl groups is 1. The van der Waals surface area contributed by atoms with Gasteiger partial charge in [-0.3, -0.25) is 14.4 Å². The Balaban J connectivity index is 2.12. The Bertz CT molecular complexity index is 756. The zero-order valence-corrected chi connectivity index (χ0v) is 19.0. The van der Waals surface area contributed by atoms with Gasteiger partial charge in [0.15, 0.2) is 0 Å². The van der Waals surface area contributed by atoms with Crippen molar-refractivity contribution >= 4 is 17.8 Å². The monoisotopic (exact) mass is 436 g/mol. The van der Waals surface area contributed by atoms with E-state index in [2.05, 4.69) is 6.58 Å². The molecule has 8 nitrogen and oxygen atoms in total. The minimum absolute atomic E-state index is 0.0682. The zero-order chi connectivity index (χ0) is 23.1. The lowest BCUT2D eigenvalue weighted by Crippen LogP contribution is -2.59. The molecule has 7 atom stereocenters. The van der Waals surface area contributed by atoms with E-state index in [0.29, 0.717) is 25.8 Å². The van der Waals surface area contributed by atoms with Gasteiger partial charge in [-0.25, -0.2) is 0 Å². The first-order chi connectivity index (χ1) is 14.7. The van der Waals surface area contributed by atoms with Crippen LogP contribution in [0.2, 0.25) is 0 Å². The lowest BCUT2D eigenvalue weighted by atomic mass is 9.65. The molecule has 3 unspecified atom stereocenters. The first-order valence-corrected chi connectivity index (χ1v) is 11.4. The maximum Gasteiger partial charge on any atom is 0.310 e. The van der Waals surface area contributed by atoms with Crippen molar-refractivity contribution in [3.63, 3.8) is 0 Å². The molecule has 3 heterocycles. The summed E-state index contributed by atoms with van der Waals surface area (Å²) in [6, 6.07) is -1.64. The molecule has 0 aromatic carbocycles. The molecule has 3 aliphatic heterocycles. The van der Waals surface area contributed by atoms with Gasteiger partial charge in [0, 0.05) is 12.6 Å². The van der Waals surface area contributed by atoms with Crippen molar-refractivity contribution in [1.29, 1.82) is 0 Å². The number of nitrogens with zero attached hydrogens (tertiary/aromatic N) is 2. The standard InChI is InChI=1S/C23H36N2O6/c1-6-9-14(4)24(12-7-2)20(28)18-23-11-10-22(8-3,31-23)17(21(29)30)16(23)19(27)25(18)15(5)13-26/h7,14-18,26H,2,6,8-13H2,1,3-5H3,(H,29,30)/t14?,15-,16+,17+,18?,22-,23?/m1/s1. The van der Waals surface area contributed by atoms with E-state index in [0.717, 1.165) is 12.8 Å². The number of hydrogen-bond donors (Lipinski definition) is 2. The highest BCUT2D eigenvalue weighted by Gasteiger charge is 2.79. The first kappa shape index (κ1) is 23.7. The molecule has 0 aliphatic carbocycles. The van der Waals surface area contributed by atoms with E-state index in [-0.39, 0.29) is 18.6 Å². The van der Waals surface area contributed by atoms with E-state index in [1.54, 1.807) is 17.9 Å². The molecule has 3 aliphatic rings. The molecule has 0 radical (unpaired) electrons. The van der Waals surface area contributed by atoms with Crippen LogP contribution in [0.3, 0.4) is 0 Å². The van der Waals surface area contributed by atoms with Crippen LogP contribution in [-0.4, -0.2) is 80.3 Å². The van der Waals surface area contributed by atoms with Gasteiger partial charge in [0.2, 0.25) is 11.8 Å². The molecule has 31 heavy (non-hydrogen) atoms. The molecule has 2 amide bonds. The van der Waals surface area contributed by atoms with Crippen LogP contribution in [0.4, 0.5) is 0 Å². The second kappa shape index (κ2) is 8.54. The van der Waals surface area contributed by atoms with Gasteiger partial charge in [-0.2, -0.15) is 0 Å². The van der Waals surface area contributed by atoms with Crippen LogP contribution < -0.4 is 0 Å². The molecule has 3 fully saturated rings. The zero-order valence-electron chi connectivity index (χ0n) is 19.0. The fourth-order valence-electron chi connectivity index (χ4n) is 6.23. The molecular formula is C23H36N2O6. The number of likely N-dealkylation sites (tertiary alicyclic amines) is 1.